The Hall–Kier alpha value is -2.15. The van der Waals surface area contributed by atoms with Crippen LogP contribution in [0.1, 0.15) is 18.7 Å². The molecule has 0 aliphatic heterocycles. The number of amides is 1. The van der Waals surface area contributed by atoms with Crippen molar-refractivity contribution in [3.8, 4) is 0 Å². The van der Waals surface area contributed by atoms with Crippen LogP contribution < -0.4 is 10.9 Å². The molecule has 0 saturated carbocycles. The van der Waals surface area contributed by atoms with E-state index in [1.165, 1.54) is 4.57 Å². The van der Waals surface area contributed by atoms with Gasteiger partial charge in [0.1, 0.15) is 11.6 Å². The molecular formula is C14H20N4O3. The quantitative estimate of drug-likeness (QED) is 0.808. The van der Waals surface area contributed by atoms with E-state index in [0.717, 1.165) is 11.1 Å². The van der Waals surface area contributed by atoms with E-state index in [2.05, 4.69) is 10.4 Å². The zero-order valence-corrected chi connectivity index (χ0v) is 12.7. The van der Waals surface area contributed by atoms with Crippen molar-refractivity contribution in [3.05, 3.63) is 28.3 Å². The van der Waals surface area contributed by atoms with Crippen LogP contribution in [-0.4, -0.2) is 40.5 Å². The predicted molar refractivity (Wildman–Crippen MR) is 79.3 cm³/mol. The average Bonchev–Trinajstić information content (AvgIpc) is 2.74. The van der Waals surface area contributed by atoms with E-state index < -0.39 is 6.04 Å². The molecule has 0 aliphatic carbocycles. The molecule has 0 aromatic carbocycles. The van der Waals surface area contributed by atoms with Gasteiger partial charge >= 0.3 is 0 Å². The van der Waals surface area contributed by atoms with Crippen molar-refractivity contribution in [2.75, 3.05) is 20.3 Å². The number of carbonyl (C=O) groups is 1. The molecule has 2 aromatic heterocycles. The number of methoxy groups -OCH3 is 1. The maximum atomic E-state index is 12.5. The van der Waals surface area contributed by atoms with Gasteiger partial charge in [0.2, 0.25) is 5.91 Å². The smallest absolute Gasteiger partial charge is 0.277 e. The maximum Gasteiger partial charge on any atom is 0.277 e. The second-order valence-electron chi connectivity index (χ2n) is 4.96. The van der Waals surface area contributed by atoms with Gasteiger partial charge in [-0.3, -0.25) is 14.3 Å². The Balaban J connectivity index is 2.34. The number of nitrogens with zero attached hydrogens (tertiary/aromatic N) is 3. The van der Waals surface area contributed by atoms with Crippen LogP contribution in [0.3, 0.4) is 0 Å². The lowest BCUT2D eigenvalue weighted by Gasteiger charge is -2.15. The third-order valence-corrected chi connectivity index (χ3v) is 3.51. The molecule has 2 aromatic rings. The van der Waals surface area contributed by atoms with Gasteiger partial charge in [0.15, 0.2) is 0 Å². The molecule has 0 fully saturated rings. The van der Waals surface area contributed by atoms with Crippen LogP contribution in [0.2, 0.25) is 0 Å². The fourth-order valence-electron chi connectivity index (χ4n) is 2.33. The van der Waals surface area contributed by atoms with Gasteiger partial charge in [-0.1, -0.05) is 0 Å². The highest BCUT2D eigenvalue weighted by atomic mass is 16.5. The number of pyridine rings is 1. The molecular weight excluding hydrogens is 272 g/mol. The van der Waals surface area contributed by atoms with E-state index in [0.29, 0.717) is 18.7 Å². The summed E-state index contributed by atoms with van der Waals surface area (Å²) in [7, 11) is 3.29. The molecule has 1 amide bonds. The first kappa shape index (κ1) is 15.2. The second kappa shape index (κ2) is 6.09. The molecule has 114 valence electrons. The van der Waals surface area contributed by atoms with Crippen LogP contribution in [0, 0.1) is 6.92 Å². The van der Waals surface area contributed by atoms with Gasteiger partial charge in [0.05, 0.1) is 12.3 Å². The number of nitrogens with one attached hydrogen (secondary N) is 1. The van der Waals surface area contributed by atoms with E-state index in [4.69, 9.17) is 4.74 Å². The zero-order chi connectivity index (χ0) is 15.6. The Labute approximate surface area is 122 Å². The predicted octanol–water partition coefficient (Wildman–Crippen LogP) is 0.367. The Morgan fingerprint density at radius 1 is 1.52 bits per heavy atom. The molecule has 2 heterocycles. The Morgan fingerprint density at radius 2 is 2.24 bits per heavy atom. The average molecular weight is 292 g/mol. The van der Waals surface area contributed by atoms with Crippen molar-refractivity contribution in [1.29, 1.82) is 0 Å². The molecule has 1 atom stereocenters. The molecule has 21 heavy (non-hydrogen) atoms. The highest BCUT2D eigenvalue weighted by molar-refractivity contribution is 5.83. The van der Waals surface area contributed by atoms with E-state index in [1.807, 2.05) is 13.0 Å². The van der Waals surface area contributed by atoms with Crippen molar-refractivity contribution < 1.29 is 9.53 Å². The molecule has 0 radical (unpaired) electrons. The third-order valence-electron chi connectivity index (χ3n) is 3.51. The molecule has 7 heteroatoms. The van der Waals surface area contributed by atoms with Crippen molar-refractivity contribution in [2.45, 2.75) is 19.9 Å². The summed E-state index contributed by atoms with van der Waals surface area (Å²) in [6.07, 6.45) is 1.64. The number of fused-ring (bicyclic) bond motifs is 1. The first-order valence-corrected chi connectivity index (χ1v) is 6.78. The fourth-order valence-corrected chi connectivity index (χ4v) is 2.33. The molecule has 0 aliphatic rings. The normalized spacial score (nSPS) is 12.6. The SMILES string of the molecule is COCCNC(=O)[C@H](C)n1ccc2c(C)nn(C)c2c1=O. The standard InChI is InChI=1S/C14H20N4O3/c1-9-11-5-7-18(14(20)12(11)17(3)16-9)10(2)13(19)15-6-8-21-4/h5,7,10H,6,8H2,1-4H3,(H,15,19)/t10-/m0/s1. The summed E-state index contributed by atoms with van der Waals surface area (Å²) >= 11 is 0. The van der Waals surface area contributed by atoms with Crippen LogP contribution in [0.4, 0.5) is 0 Å². The number of hydrogen-bond acceptors (Lipinski definition) is 4. The van der Waals surface area contributed by atoms with Gasteiger partial charge in [0.25, 0.3) is 5.56 Å². The number of aryl methyl sites for hydroxylation is 2. The molecule has 1 N–H and O–H groups in total. The van der Waals surface area contributed by atoms with Gasteiger partial charge in [-0.05, 0) is 19.9 Å². The number of aromatic nitrogens is 3. The number of rotatable bonds is 5. The van der Waals surface area contributed by atoms with E-state index >= 15 is 0 Å². The van der Waals surface area contributed by atoms with E-state index in [1.54, 1.807) is 32.0 Å². The summed E-state index contributed by atoms with van der Waals surface area (Å²) < 4.78 is 7.86. The topological polar surface area (TPSA) is 78.2 Å². The minimum Gasteiger partial charge on any atom is -0.383 e. The molecule has 0 bridgehead atoms. The van der Waals surface area contributed by atoms with Crippen molar-refractivity contribution in [2.24, 2.45) is 7.05 Å². The largest absolute Gasteiger partial charge is 0.383 e. The maximum absolute atomic E-state index is 12.5. The summed E-state index contributed by atoms with van der Waals surface area (Å²) in [5, 5.41) is 7.78. The number of hydrogen-bond donors (Lipinski definition) is 1. The van der Waals surface area contributed by atoms with E-state index in [-0.39, 0.29) is 11.5 Å². The van der Waals surface area contributed by atoms with Gasteiger partial charge in [-0.2, -0.15) is 5.10 Å². The minimum absolute atomic E-state index is 0.215. The Kier molecular flexibility index (Phi) is 4.42. The number of ether oxygens (including phenoxy) is 1. The molecule has 0 saturated heterocycles. The summed E-state index contributed by atoms with van der Waals surface area (Å²) in [5.41, 5.74) is 1.09. The lowest BCUT2D eigenvalue weighted by molar-refractivity contribution is -0.124. The van der Waals surface area contributed by atoms with Gasteiger partial charge < -0.3 is 14.6 Å². The van der Waals surface area contributed by atoms with Crippen molar-refractivity contribution >= 4 is 16.8 Å². The fraction of sp³-hybridized carbons (Fsp3) is 0.500. The first-order valence-electron chi connectivity index (χ1n) is 6.78. The highest BCUT2D eigenvalue weighted by Gasteiger charge is 2.18. The van der Waals surface area contributed by atoms with Crippen molar-refractivity contribution in [3.63, 3.8) is 0 Å². The van der Waals surface area contributed by atoms with Crippen LogP contribution in [0.5, 0.6) is 0 Å². The third kappa shape index (κ3) is 2.82. The monoisotopic (exact) mass is 292 g/mol. The summed E-state index contributed by atoms with van der Waals surface area (Å²) in [6, 6.07) is 1.23. The summed E-state index contributed by atoms with van der Waals surface area (Å²) in [4.78, 5) is 24.6. The van der Waals surface area contributed by atoms with Crippen LogP contribution in [0.25, 0.3) is 10.9 Å². The lowest BCUT2D eigenvalue weighted by atomic mass is 10.2. The summed E-state index contributed by atoms with van der Waals surface area (Å²) in [5.74, 6) is -0.215. The zero-order valence-electron chi connectivity index (χ0n) is 12.7. The molecule has 2 rings (SSSR count). The van der Waals surface area contributed by atoms with Gasteiger partial charge in [0, 0.05) is 32.3 Å². The van der Waals surface area contributed by atoms with Crippen molar-refractivity contribution in [1.82, 2.24) is 19.7 Å². The number of carbonyl (C=O) groups excluding carboxylic acids is 1. The molecule has 0 spiro atoms. The molecule has 7 nitrogen and oxygen atoms in total. The summed E-state index contributed by atoms with van der Waals surface area (Å²) in [6.45, 7) is 4.40. The Bertz CT molecular complexity index is 717. The van der Waals surface area contributed by atoms with Gasteiger partial charge in [-0.15, -0.1) is 0 Å². The lowest BCUT2D eigenvalue weighted by Crippen LogP contribution is -2.37. The first-order chi connectivity index (χ1) is 9.97. The van der Waals surface area contributed by atoms with Gasteiger partial charge in [-0.25, -0.2) is 0 Å². The van der Waals surface area contributed by atoms with Crippen LogP contribution in [-0.2, 0) is 16.6 Å². The van der Waals surface area contributed by atoms with Crippen LogP contribution >= 0.6 is 0 Å². The van der Waals surface area contributed by atoms with E-state index in [9.17, 15) is 9.59 Å². The minimum atomic E-state index is -0.589. The van der Waals surface area contributed by atoms with Crippen LogP contribution in [0.15, 0.2) is 17.1 Å². The highest BCUT2D eigenvalue weighted by Crippen LogP contribution is 2.14. The molecule has 0 unspecified atom stereocenters. The Morgan fingerprint density at radius 3 is 2.90 bits per heavy atom. The second-order valence-corrected chi connectivity index (χ2v) is 4.96.